The van der Waals surface area contributed by atoms with Gasteiger partial charge in [0, 0.05) is 0 Å². The molecule has 0 aromatic heterocycles. The van der Waals surface area contributed by atoms with Crippen molar-refractivity contribution >= 4 is 35.5 Å². The SMILES string of the molecule is CC(C)(C)c1ccc2c(c1)[cH-]c1cc(C(C)(C)C)ccc12.Cc1ccc2c(C)c[cH-]c2c1.[Cl-].[Cl-].[Zr+2]=[C](c1ccccc1)c1ccccc1. The Balaban J connectivity index is 0.000000202. The maximum absolute atomic E-state index is 2.35. The van der Waals surface area contributed by atoms with Gasteiger partial charge in [-0.25, -0.2) is 0 Å². The number of aryl methyl sites for hydroxylation is 2. The van der Waals surface area contributed by atoms with E-state index < -0.39 is 0 Å². The first-order chi connectivity index (χ1) is 21.8. The van der Waals surface area contributed by atoms with Gasteiger partial charge >= 0.3 is 99.2 Å². The van der Waals surface area contributed by atoms with Gasteiger partial charge < -0.3 is 24.8 Å². The average molecular weight is 749 g/mol. The molecule has 0 spiro atoms. The fourth-order valence-corrected chi connectivity index (χ4v) is 6.63. The van der Waals surface area contributed by atoms with Crippen molar-refractivity contribution in [3.8, 4) is 0 Å². The molecule has 48 heavy (non-hydrogen) atoms. The Labute approximate surface area is 315 Å². The molecule has 0 aliphatic rings. The zero-order valence-electron chi connectivity index (χ0n) is 29.5. The van der Waals surface area contributed by atoms with Crippen LogP contribution in [0.25, 0.3) is 32.3 Å². The molecule has 0 heterocycles. The van der Waals surface area contributed by atoms with E-state index in [9.17, 15) is 0 Å². The second-order valence-electron chi connectivity index (χ2n) is 14.5. The molecule has 0 fully saturated rings. The molecule has 0 nitrogen and oxygen atoms in total. The number of halogens is 2. The van der Waals surface area contributed by atoms with E-state index in [1.54, 1.807) is 0 Å². The van der Waals surface area contributed by atoms with Crippen LogP contribution in [0.2, 0.25) is 0 Å². The van der Waals surface area contributed by atoms with Gasteiger partial charge in [0.05, 0.1) is 0 Å². The third kappa shape index (κ3) is 9.54. The van der Waals surface area contributed by atoms with Crippen molar-refractivity contribution in [2.75, 3.05) is 0 Å². The molecule has 7 aromatic carbocycles. The summed E-state index contributed by atoms with van der Waals surface area (Å²) in [5.41, 5.74) is 8.59. The average Bonchev–Trinajstić information content (AvgIpc) is 3.60. The van der Waals surface area contributed by atoms with Crippen molar-refractivity contribution in [1.82, 2.24) is 0 Å². The molecule has 0 amide bonds. The van der Waals surface area contributed by atoms with Crippen LogP contribution in [0.15, 0.2) is 133 Å². The molecule has 7 rings (SSSR count). The monoisotopic (exact) mass is 746 g/mol. The van der Waals surface area contributed by atoms with Crippen LogP contribution in [0.4, 0.5) is 0 Å². The molecule has 0 saturated carbocycles. The van der Waals surface area contributed by atoms with E-state index in [1.807, 2.05) is 0 Å². The van der Waals surface area contributed by atoms with Crippen LogP contribution in [-0.2, 0) is 35.1 Å². The van der Waals surface area contributed by atoms with Crippen LogP contribution in [0.1, 0.15) is 74.9 Å². The molecular weight excluding hydrogens is 703 g/mol. The number of hydrogen-bond acceptors (Lipinski definition) is 0. The van der Waals surface area contributed by atoms with Gasteiger partial charge in [0.2, 0.25) is 0 Å². The van der Waals surface area contributed by atoms with E-state index in [-0.39, 0.29) is 35.6 Å². The summed E-state index contributed by atoms with van der Waals surface area (Å²) in [5, 5.41) is 8.22. The first-order valence-electron chi connectivity index (χ1n) is 16.3. The summed E-state index contributed by atoms with van der Waals surface area (Å²) >= 11 is 1.46. The summed E-state index contributed by atoms with van der Waals surface area (Å²) in [6, 6.07) is 48.2. The zero-order chi connectivity index (χ0) is 33.1. The first-order valence-corrected chi connectivity index (χ1v) is 17.5. The topological polar surface area (TPSA) is 0 Å². The molecule has 7 aromatic rings. The Bertz CT molecular complexity index is 1970. The van der Waals surface area contributed by atoms with E-state index in [2.05, 4.69) is 189 Å². The van der Waals surface area contributed by atoms with Crippen LogP contribution in [0.5, 0.6) is 0 Å². The van der Waals surface area contributed by atoms with Crippen molar-refractivity contribution in [2.45, 2.75) is 66.2 Å². The maximum atomic E-state index is 2.35. The first kappa shape index (κ1) is 39.4. The molecule has 0 aliphatic heterocycles. The van der Waals surface area contributed by atoms with E-state index in [0.29, 0.717) is 0 Å². The van der Waals surface area contributed by atoms with Gasteiger partial charge in [-0.05, 0) is 17.8 Å². The van der Waals surface area contributed by atoms with Crippen molar-refractivity contribution in [3.63, 3.8) is 0 Å². The van der Waals surface area contributed by atoms with Crippen molar-refractivity contribution in [2.24, 2.45) is 0 Å². The zero-order valence-corrected chi connectivity index (χ0v) is 33.4. The fraction of sp³-hybridized carbons (Fsp3) is 0.222. The molecule has 3 heteroatoms. The quantitative estimate of drug-likeness (QED) is 0.183. The second-order valence-corrected chi connectivity index (χ2v) is 15.7. The van der Waals surface area contributed by atoms with E-state index >= 15 is 0 Å². The van der Waals surface area contributed by atoms with Crippen molar-refractivity contribution < 1.29 is 49.0 Å². The van der Waals surface area contributed by atoms with Crippen molar-refractivity contribution in [1.29, 1.82) is 0 Å². The third-order valence-corrected chi connectivity index (χ3v) is 10.1. The summed E-state index contributed by atoms with van der Waals surface area (Å²) in [6.45, 7) is 17.9. The third-order valence-electron chi connectivity index (χ3n) is 8.71. The Morgan fingerprint density at radius 1 is 0.521 bits per heavy atom. The van der Waals surface area contributed by atoms with Crippen LogP contribution in [-0.4, -0.2) is 3.21 Å². The van der Waals surface area contributed by atoms with Gasteiger partial charge in [-0.3, -0.25) is 0 Å². The van der Waals surface area contributed by atoms with Crippen LogP contribution in [0.3, 0.4) is 0 Å². The molecule has 0 unspecified atom stereocenters. The molecule has 0 bridgehead atoms. The van der Waals surface area contributed by atoms with Gasteiger partial charge in [0.1, 0.15) is 0 Å². The van der Waals surface area contributed by atoms with E-state index in [4.69, 9.17) is 0 Å². The van der Waals surface area contributed by atoms with Gasteiger partial charge in [0.15, 0.2) is 0 Å². The van der Waals surface area contributed by atoms with Crippen LogP contribution < -0.4 is 24.8 Å². The Kier molecular flexibility index (Phi) is 13.6. The van der Waals surface area contributed by atoms with Crippen LogP contribution in [0, 0.1) is 13.8 Å². The number of benzene rings is 5. The van der Waals surface area contributed by atoms with E-state index in [0.717, 1.165) is 0 Å². The Morgan fingerprint density at radius 3 is 1.40 bits per heavy atom. The second kappa shape index (κ2) is 16.5. The minimum absolute atomic E-state index is 0. The number of rotatable bonds is 2. The van der Waals surface area contributed by atoms with Gasteiger partial charge in [-0.1, -0.05) is 95.5 Å². The predicted molar refractivity (Wildman–Crippen MR) is 200 cm³/mol. The fourth-order valence-electron chi connectivity index (χ4n) is 5.82. The summed E-state index contributed by atoms with van der Waals surface area (Å²) < 4.78 is 1.42. The summed E-state index contributed by atoms with van der Waals surface area (Å²) in [7, 11) is 0. The van der Waals surface area contributed by atoms with Gasteiger partial charge in [-0.2, -0.15) is 11.6 Å². The number of fused-ring (bicyclic) bond motifs is 4. The number of hydrogen-bond donors (Lipinski definition) is 0. The predicted octanol–water partition coefficient (Wildman–Crippen LogP) is 6.29. The molecule has 0 aliphatic carbocycles. The normalized spacial score (nSPS) is 11.1. The summed E-state index contributed by atoms with van der Waals surface area (Å²) in [5.74, 6) is 0. The van der Waals surface area contributed by atoms with Gasteiger partial charge in [0.25, 0.3) is 0 Å². The minimum atomic E-state index is 0. The van der Waals surface area contributed by atoms with E-state index in [1.165, 1.54) is 93.1 Å². The molecule has 246 valence electrons. The Morgan fingerprint density at radius 2 is 0.958 bits per heavy atom. The molecular formula is C45H46Cl2Zr-2. The summed E-state index contributed by atoms with van der Waals surface area (Å²) in [6.07, 6.45) is 0. The molecule has 0 saturated heterocycles. The molecule has 0 atom stereocenters. The molecule has 0 N–H and O–H groups in total. The van der Waals surface area contributed by atoms with Crippen molar-refractivity contribution in [3.05, 3.63) is 167 Å². The van der Waals surface area contributed by atoms with Crippen LogP contribution >= 0.6 is 0 Å². The molecule has 0 radical (unpaired) electrons. The van der Waals surface area contributed by atoms with Gasteiger partial charge in [-0.15, -0.1) is 68.7 Å². The Hall–Kier alpha value is -3.09. The standard InChI is InChI=1S/C21H25.C13H10.C11H11.2ClH.Zr/c1-20(2,3)16-7-9-18-14(12-16)11-15-13-17(21(4,5)6)8-10-19(15)18;1-3-7-12(8-4-1)11-13-9-5-2-6-10-13;1-8-3-6-11-9(2)4-5-10(11)7-8;;;/h7-13H,1-6H3;1-10H;3-7H,1-2H3;2*1H;/q-1;;-1;;;+2/p-2. The summed E-state index contributed by atoms with van der Waals surface area (Å²) in [4.78, 5) is 0.